The molecule has 0 bridgehead atoms. The predicted molar refractivity (Wildman–Crippen MR) is 148 cm³/mol. The average molecular weight is 756 g/mol. The molecule has 0 radical (unpaired) electrons. The minimum Gasteiger partial charge on any atom is -1.00 e. The first-order valence-electron chi connectivity index (χ1n) is 13.1. The SMILES string of the molecule is CC(C)[n+]1ccn2c3ccccc3n3ccnc3c21.CC(C)[n+]1ccn2c3ccccc3n3ccnc3c21.[I-].[I-]. The van der Waals surface area contributed by atoms with Crippen LogP contribution in [0.4, 0.5) is 0 Å². The molecule has 2 aromatic carbocycles. The highest BCUT2D eigenvalue weighted by Gasteiger charge is 2.22. The molecular formula is C30H30I2N8. The molecule has 8 nitrogen and oxygen atoms in total. The lowest BCUT2D eigenvalue weighted by molar-refractivity contribution is -0.690. The molecule has 6 aromatic heterocycles. The summed E-state index contributed by atoms with van der Waals surface area (Å²) in [5, 5.41) is 0. The number of benzene rings is 2. The van der Waals surface area contributed by atoms with E-state index in [0.717, 1.165) is 22.6 Å². The van der Waals surface area contributed by atoms with Crippen LogP contribution in [0.1, 0.15) is 39.8 Å². The Morgan fingerprint density at radius 3 is 1.23 bits per heavy atom. The molecule has 0 amide bonds. The number of para-hydroxylation sites is 4. The number of hydrogen-bond donors (Lipinski definition) is 0. The zero-order valence-corrected chi connectivity index (χ0v) is 27.0. The Morgan fingerprint density at radius 1 is 0.525 bits per heavy atom. The molecule has 0 aliphatic rings. The minimum absolute atomic E-state index is 0. The molecule has 0 fully saturated rings. The maximum absolute atomic E-state index is 4.53. The van der Waals surface area contributed by atoms with Crippen molar-refractivity contribution in [1.29, 1.82) is 0 Å². The molecule has 0 aliphatic carbocycles. The Balaban J connectivity index is 0.000000154. The van der Waals surface area contributed by atoms with Crippen molar-refractivity contribution in [1.82, 2.24) is 27.6 Å². The molecule has 204 valence electrons. The molecule has 6 heterocycles. The highest BCUT2D eigenvalue weighted by Crippen LogP contribution is 2.21. The van der Waals surface area contributed by atoms with Crippen molar-refractivity contribution < 1.29 is 57.1 Å². The van der Waals surface area contributed by atoms with Gasteiger partial charge in [0, 0.05) is 24.8 Å². The maximum Gasteiger partial charge on any atom is 0.331 e. The van der Waals surface area contributed by atoms with Gasteiger partial charge in [0.2, 0.25) is 11.3 Å². The van der Waals surface area contributed by atoms with Crippen LogP contribution in [0, 0.1) is 0 Å². The van der Waals surface area contributed by atoms with Gasteiger partial charge in [-0.05, 0) is 52.0 Å². The molecule has 10 heteroatoms. The van der Waals surface area contributed by atoms with Crippen LogP contribution in [-0.4, -0.2) is 27.6 Å². The number of fused-ring (bicyclic) bond motifs is 12. The third-order valence-electron chi connectivity index (χ3n) is 7.29. The van der Waals surface area contributed by atoms with Crippen LogP contribution in [-0.2, 0) is 0 Å². The van der Waals surface area contributed by atoms with E-state index in [0.29, 0.717) is 12.1 Å². The molecule has 0 unspecified atom stereocenters. The molecule has 0 saturated heterocycles. The predicted octanol–water partition coefficient (Wildman–Crippen LogP) is -0.775. The van der Waals surface area contributed by atoms with Gasteiger partial charge in [-0.3, -0.25) is 8.80 Å². The molecule has 0 N–H and O–H groups in total. The number of hydrogen-bond acceptors (Lipinski definition) is 2. The lowest BCUT2D eigenvalue weighted by Gasteiger charge is -2.04. The van der Waals surface area contributed by atoms with Crippen molar-refractivity contribution in [3.05, 3.63) is 98.1 Å². The van der Waals surface area contributed by atoms with Gasteiger partial charge in [0.05, 0.1) is 23.1 Å². The fraction of sp³-hybridized carbons (Fsp3) is 0.200. The summed E-state index contributed by atoms with van der Waals surface area (Å²) in [4.78, 5) is 9.07. The van der Waals surface area contributed by atoms with Crippen molar-refractivity contribution in [2.24, 2.45) is 0 Å². The lowest BCUT2D eigenvalue weighted by Crippen LogP contribution is -3.00. The van der Waals surface area contributed by atoms with Crippen LogP contribution < -0.4 is 57.1 Å². The van der Waals surface area contributed by atoms with Gasteiger partial charge >= 0.3 is 11.3 Å². The van der Waals surface area contributed by atoms with Crippen LogP contribution >= 0.6 is 0 Å². The lowest BCUT2D eigenvalue weighted by atomic mass is 10.3. The van der Waals surface area contributed by atoms with Crippen molar-refractivity contribution in [2.45, 2.75) is 39.8 Å². The largest absolute Gasteiger partial charge is 1.00 e. The fourth-order valence-electron chi connectivity index (χ4n) is 5.55. The van der Waals surface area contributed by atoms with Crippen molar-refractivity contribution >= 4 is 44.7 Å². The maximum atomic E-state index is 4.53. The summed E-state index contributed by atoms with van der Waals surface area (Å²) < 4.78 is 13.3. The van der Waals surface area contributed by atoms with Crippen LogP contribution in [0.3, 0.4) is 0 Å². The van der Waals surface area contributed by atoms with Gasteiger partial charge in [-0.15, -0.1) is 0 Å². The molecule has 0 saturated carbocycles. The summed E-state index contributed by atoms with van der Waals surface area (Å²) in [5.41, 5.74) is 9.01. The van der Waals surface area contributed by atoms with Gasteiger partial charge in [-0.1, -0.05) is 24.3 Å². The van der Waals surface area contributed by atoms with Crippen molar-refractivity contribution in [3.63, 3.8) is 0 Å². The smallest absolute Gasteiger partial charge is 0.331 e. The topological polar surface area (TPSA) is 51.2 Å². The van der Waals surface area contributed by atoms with Gasteiger partial charge in [0.1, 0.15) is 24.8 Å². The molecule has 8 aromatic rings. The quantitative estimate of drug-likeness (QED) is 0.172. The number of nitrogens with zero attached hydrogens (tertiary/aromatic N) is 8. The first-order valence-corrected chi connectivity index (χ1v) is 13.1. The highest BCUT2D eigenvalue weighted by molar-refractivity contribution is 5.85. The summed E-state index contributed by atoms with van der Waals surface area (Å²) >= 11 is 0. The monoisotopic (exact) mass is 756 g/mol. The Bertz CT molecular complexity index is 1960. The van der Waals surface area contributed by atoms with Gasteiger partial charge in [-0.2, -0.15) is 8.80 Å². The Labute approximate surface area is 265 Å². The number of aromatic nitrogens is 8. The summed E-state index contributed by atoms with van der Waals surface area (Å²) in [7, 11) is 0. The summed E-state index contributed by atoms with van der Waals surface area (Å²) in [6, 6.07) is 17.6. The van der Waals surface area contributed by atoms with E-state index in [1.165, 1.54) is 22.1 Å². The fourth-order valence-corrected chi connectivity index (χ4v) is 5.55. The zero-order chi connectivity index (χ0) is 26.0. The van der Waals surface area contributed by atoms with Crippen LogP contribution in [0.15, 0.2) is 98.1 Å². The highest BCUT2D eigenvalue weighted by atomic mass is 127. The number of imidazole rings is 4. The molecule has 8 rings (SSSR count). The zero-order valence-electron chi connectivity index (χ0n) is 22.7. The average Bonchev–Trinajstić information content (AvgIpc) is 3.72. The van der Waals surface area contributed by atoms with E-state index < -0.39 is 0 Å². The molecule has 40 heavy (non-hydrogen) atoms. The van der Waals surface area contributed by atoms with E-state index in [4.69, 9.17) is 0 Å². The summed E-state index contributed by atoms with van der Waals surface area (Å²) in [6.45, 7) is 8.76. The third kappa shape index (κ3) is 4.23. The van der Waals surface area contributed by atoms with Crippen molar-refractivity contribution in [3.8, 4) is 0 Å². The van der Waals surface area contributed by atoms with E-state index in [9.17, 15) is 0 Å². The third-order valence-corrected chi connectivity index (χ3v) is 7.29. The van der Waals surface area contributed by atoms with E-state index in [1.54, 1.807) is 0 Å². The number of rotatable bonds is 2. The second-order valence-electron chi connectivity index (χ2n) is 10.2. The summed E-state index contributed by atoms with van der Waals surface area (Å²) in [5.74, 6) is 0. The van der Waals surface area contributed by atoms with Crippen LogP contribution in [0.5, 0.6) is 0 Å². The van der Waals surface area contributed by atoms with E-state index >= 15 is 0 Å². The Morgan fingerprint density at radius 2 is 0.875 bits per heavy atom. The van der Waals surface area contributed by atoms with Gasteiger partial charge in [-0.25, -0.2) is 19.1 Å². The normalized spacial score (nSPS) is 11.6. The van der Waals surface area contributed by atoms with Crippen molar-refractivity contribution in [2.75, 3.05) is 0 Å². The molecule has 0 spiro atoms. The molecular weight excluding hydrogens is 726 g/mol. The second kappa shape index (κ2) is 11.0. The van der Waals surface area contributed by atoms with Crippen LogP contribution in [0.2, 0.25) is 0 Å². The van der Waals surface area contributed by atoms with Gasteiger partial charge < -0.3 is 48.0 Å². The van der Waals surface area contributed by atoms with E-state index in [2.05, 4.69) is 138 Å². The van der Waals surface area contributed by atoms with Gasteiger partial charge in [0.25, 0.3) is 0 Å². The minimum atomic E-state index is 0. The first-order chi connectivity index (χ1) is 18.5. The summed E-state index contributed by atoms with van der Waals surface area (Å²) in [6.07, 6.45) is 16.3. The number of halogens is 2. The van der Waals surface area contributed by atoms with Crippen LogP contribution in [0.25, 0.3) is 44.7 Å². The molecule has 0 atom stereocenters. The Hall–Kier alpha value is -3.26. The van der Waals surface area contributed by atoms with Gasteiger partial charge in [0.15, 0.2) is 11.0 Å². The first kappa shape index (κ1) is 28.3. The second-order valence-corrected chi connectivity index (χ2v) is 10.2. The molecule has 0 aliphatic heterocycles. The Kier molecular flexibility index (Phi) is 7.75. The standard InChI is InChI=1S/2C15H15N4.2HI/c2*1-11(2)17-9-10-19-13-6-4-3-5-12(13)18-8-7-16-14(18)15(17)19;;/h2*3-11H,1-2H3;2*1H/q2*+1;;/p-2. The van der Waals surface area contributed by atoms with E-state index in [1.807, 2.05) is 24.8 Å². The van der Waals surface area contributed by atoms with E-state index in [-0.39, 0.29) is 48.0 Å².